The van der Waals surface area contributed by atoms with E-state index in [1.807, 2.05) is 35.2 Å². The number of amides is 1. The van der Waals surface area contributed by atoms with Gasteiger partial charge in [0.2, 0.25) is 0 Å². The van der Waals surface area contributed by atoms with Crippen LogP contribution in [-0.2, 0) is 11.3 Å². The van der Waals surface area contributed by atoms with Gasteiger partial charge < -0.3 is 4.90 Å². The lowest BCUT2D eigenvalue weighted by atomic mass is 9.85. The molecule has 1 amide bonds. The van der Waals surface area contributed by atoms with Crippen molar-refractivity contribution in [3.05, 3.63) is 53.8 Å². The molecular formula is C15H17NO. The second-order valence-electron chi connectivity index (χ2n) is 4.70. The maximum Gasteiger partial charge on any atom is 0.260 e. The van der Waals surface area contributed by atoms with E-state index in [-0.39, 0.29) is 11.9 Å². The molecule has 1 fully saturated rings. The van der Waals surface area contributed by atoms with Crippen LogP contribution in [0.4, 0.5) is 0 Å². The number of carbonyl (C=O) groups excluding carboxylic acids is 1. The number of β-lactam (4-membered cyclic amide) rings is 1. The van der Waals surface area contributed by atoms with E-state index in [2.05, 4.69) is 26.2 Å². The molecule has 0 spiro atoms. The van der Waals surface area contributed by atoms with Gasteiger partial charge in [0.25, 0.3) is 5.91 Å². The highest BCUT2D eigenvalue weighted by Gasteiger charge is 2.43. The zero-order valence-corrected chi connectivity index (χ0v) is 10.3. The average Bonchev–Trinajstić information content (AvgIpc) is 2.33. The molecule has 2 rings (SSSR count). The first-order valence-electron chi connectivity index (χ1n) is 5.90. The zero-order chi connectivity index (χ0) is 12.4. The van der Waals surface area contributed by atoms with Crippen molar-refractivity contribution < 1.29 is 4.79 Å². The van der Waals surface area contributed by atoms with Crippen molar-refractivity contribution in [3.63, 3.8) is 0 Å². The van der Waals surface area contributed by atoms with Gasteiger partial charge in [-0.15, -0.1) is 5.73 Å². The number of rotatable bonds is 3. The second-order valence-corrected chi connectivity index (χ2v) is 4.70. The van der Waals surface area contributed by atoms with Crippen LogP contribution in [0.15, 0.2) is 48.2 Å². The van der Waals surface area contributed by atoms with Gasteiger partial charge >= 0.3 is 0 Å². The van der Waals surface area contributed by atoms with Gasteiger partial charge in [-0.25, -0.2) is 0 Å². The Morgan fingerprint density at radius 1 is 1.35 bits per heavy atom. The molecule has 0 radical (unpaired) electrons. The van der Waals surface area contributed by atoms with Crippen molar-refractivity contribution in [3.8, 4) is 0 Å². The molecule has 0 N–H and O–H groups in total. The Morgan fingerprint density at radius 3 is 2.53 bits per heavy atom. The molecule has 1 unspecified atom stereocenters. The van der Waals surface area contributed by atoms with Crippen molar-refractivity contribution in [1.82, 2.24) is 4.90 Å². The van der Waals surface area contributed by atoms with Crippen molar-refractivity contribution in [1.29, 1.82) is 0 Å². The monoisotopic (exact) mass is 227 g/mol. The largest absolute Gasteiger partial charge is 0.326 e. The highest BCUT2D eigenvalue weighted by atomic mass is 16.2. The van der Waals surface area contributed by atoms with Gasteiger partial charge in [0.15, 0.2) is 0 Å². The minimum absolute atomic E-state index is 0.0718. The van der Waals surface area contributed by atoms with Crippen LogP contribution < -0.4 is 0 Å². The number of nitrogens with zero attached hydrogens (tertiary/aromatic N) is 1. The number of likely N-dealkylation sites (tertiary alicyclic amines) is 1. The molecule has 2 heteroatoms. The maximum atomic E-state index is 11.9. The lowest BCUT2D eigenvalue weighted by molar-refractivity contribution is -0.139. The molecule has 17 heavy (non-hydrogen) atoms. The summed E-state index contributed by atoms with van der Waals surface area (Å²) < 4.78 is 0. The zero-order valence-electron chi connectivity index (χ0n) is 10.3. The Balaban J connectivity index is 2.17. The molecule has 1 aliphatic heterocycles. The summed E-state index contributed by atoms with van der Waals surface area (Å²) in [5, 5.41) is 0. The number of hydrogen-bond acceptors (Lipinski definition) is 1. The molecule has 0 aromatic heterocycles. The third kappa shape index (κ3) is 2.04. The molecule has 1 aromatic carbocycles. The third-order valence-electron chi connectivity index (χ3n) is 3.14. The van der Waals surface area contributed by atoms with Gasteiger partial charge in [0, 0.05) is 6.54 Å². The first-order chi connectivity index (χ1) is 8.15. The summed E-state index contributed by atoms with van der Waals surface area (Å²) in [6, 6.07) is 10.2. The fourth-order valence-corrected chi connectivity index (χ4v) is 2.32. The number of hydrogen-bond donors (Lipinski definition) is 0. The van der Waals surface area contributed by atoms with Crippen molar-refractivity contribution >= 4 is 5.91 Å². The van der Waals surface area contributed by atoms with Crippen LogP contribution in [0.1, 0.15) is 19.4 Å². The molecule has 2 nitrogen and oxygen atoms in total. The quantitative estimate of drug-likeness (QED) is 0.442. The molecule has 1 aliphatic rings. The summed E-state index contributed by atoms with van der Waals surface area (Å²) in [7, 11) is 0. The van der Waals surface area contributed by atoms with Gasteiger partial charge in [0.1, 0.15) is 0 Å². The van der Waals surface area contributed by atoms with E-state index in [1.54, 1.807) is 0 Å². The summed E-state index contributed by atoms with van der Waals surface area (Å²) in [5.74, 6) is 0.475. The van der Waals surface area contributed by atoms with Gasteiger partial charge in [-0.1, -0.05) is 50.8 Å². The first-order valence-corrected chi connectivity index (χ1v) is 5.90. The Bertz CT molecular complexity index is 469. The van der Waals surface area contributed by atoms with Gasteiger partial charge in [-0.2, -0.15) is 0 Å². The van der Waals surface area contributed by atoms with Gasteiger partial charge in [0.05, 0.1) is 11.6 Å². The number of benzene rings is 1. The predicted molar refractivity (Wildman–Crippen MR) is 68.3 cm³/mol. The fourth-order valence-electron chi connectivity index (χ4n) is 2.32. The van der Waals surface area contributed by atoms with Gasteiger partial charge in [-0.05, 0) is 11.5 Å². The summed E-state index contributed by atoms with van der Waals surface area (Å²) in [6.45, 7) is 8.51. The van der Waals surface area contributed by atoms with E-state index in [4.69, 9.17) is 0 Å². The lowest BCUT2D eigenvalue weighted by Gasteiger charge is -2.44. The first kappa shape index (κ1) is 11.7. The van der Waals surface area contributed by atoms with Crippen molar-refractivity contribution in [2.24, 2.45) is 5.92 Å². The second kappa shape index (κ2) is 4.60. The third-order valence-corrected chi connectivity index (χ3v) is 3.14. The van der Waals surface area contributed by atoms with Crippen LogP contribution in [0.3, 0.4) is 0 Å². The highest BCUT2D eigenvalue weighted by Crippen LogP contribution is 2.32. The van der Waals surface area contributed by atoms with Crippen molar-refractivity contribution in [2.75, 3.05) is 0 Å². The minimum Gasteiger partial charge on any atom is -0.326 e. The molecular weight excluding hydrogens is 210 g/mol. The van der Waals surface area contributed by atoms with Crippen LogP contribution >= 0.6 is 0 Å². The molecule has 1 heterocycles. The molecule has 0 aliphatic carbocycles. The molecule has 1 atom stereocenters. The van der Waals surface area contributed by atoms with Crippen LogP contribution in [0, 0.1) is 5.92 Å². The maximum absolute atomic E-state index is 11.9. The lowest BCUT2D eigenvalue weighted by Crippen LogP contribution is -2.56. The van der Waals surface area contributed by atoms with Crippen LogP contribution in [0.2, 0.25) is 0 Å². The van der Waals surface area contributed by atoms with Gasteiger partial charge in [-0.3, -0.25) is 4.79 Å². The molecule has 0 bridgehead atoms. The van der Waals surface area contributed by atoms with Crippen LogP contribution in [0.5, 0.6) is 0 Å². The summed E-state index contributed by atoms with van der Waals surface area (Å²) >= 11 is 0. The predicted octanol–water partition coefficient (Wildman–Crippen LogP) is 2.76. The summed E-state index contributed by atoms with van der Waals surface area (Å²) in [6.07, 6.45) is 0. The van der Waals surface area contributed by atoms with E-state index < -0.39 is 0 Å². The van der Waals surface area contributed by atoms with E-state index in [9.17, 15) is 4.79 Å². The standard InChI is InChI=1S/C15H17NO/c1-4-13-14(11(2)3)16(15(13)17)10-12-8-6-5-7-9-12/h5-9,11,14H,1,10H2,2-3H3. The Morgan fingerprint density at radius 2 is 2.00 bits per heavy atom. The summed E-state index contributed by atoms with van der Waals surface area (Å²) in [4.78, 5) is 13.8. The Kier molecular flexibility index (Phi) is 3.16. The van der Waals surface area contributed by atoms with E-state index >= 15 is 0 Å². The minimum atomic E-state index is 0.0718. The topological polar surface area (TPSA) is 20.3 Å². The molecule has 1 saturated heterocycles. The normalized spacial score (nSPS) is 19.2. The number of carbonyl (C=O) groups is 1. The van der Waals surface area contributed by atoms with Crippen molar-refractivity contribution in [2.45, 2.75) is 26.4 Å². The van der Waals surface area contributed by atoms with E-state index in [1.165, 1.54) is 0 Å². The SMILES string of the molecule is C=C=C1C(=O)N(Cc2ccccc2)C1C(C)C. The highest BCUT2D eigenvalue weighted by molar-refractivity contribution is 6.01. The van der Waals surface area contributed by atoms with Crippen LogP contribution in [0.25, 0.3) is 0 Å². The van der Waals surface area contributed by atoms with Crippen LogP contribution in [-0.4, -0.2) is 16.8 Å². The molecule has 1 aromatic rings. The smallest absolute Gasteiger partial charge is 0.260 e. The Hall–Kier alpha value is -1.79. The molecule has 0 saturated carbocycles. The molecule has 88 valence electrons. The van der Waals surface area contributed by atoms with E-state index in [0.29, 0.717) is 12.5 Å². The fraction of sp³-hybridized carbons (Fsp3) is 0.333. The van der Waals surface area contributed by atoms with E-state index in [0.717, 1.165) is 11.1 Å². The average molecular weight is 227 g/mol. The Labute approximate surface area is 102 Å². The summed E-state index contributed by atoms with van der Waals surface area (Å²) in [5.41, 5.74) is 4.67.